The number of nitrogens with zero attached hydrogens (tertiary/aromatic N) is 2. The van der Waals surface area contributed by atoms with Crippen molar-refractivity contribution < 1.29 is 9.90 Å². The smallest absolute Gasteiger partial charge is 0.315 e. The molecule has 0 aliphatic rings. The summed E-state index contributed by atoms with van der Waals surface area (Å²) in [7, 11) is 1.87. The Hall–Kier alpha value is -1.56. The van der Waals surface area contributed by atoms with Crippen LogP contribution in [0.25, 0.3) is 0 Å². The summed E-state index contributed by atoms with van der Waals surface area (Å²) in [5.41, 5.74) is 2.04. The number of carbonyl (C=O) groups is 1. The van der Waals surface area contributed by atoms with E-state index in [1.165, 1.54) is 0 Å². The highest BCUT2D eigenvalue weighted by atomic mass is 16.3. The van der Waals surface area contributed by atoms with E-state index in [1.54, 1.807) is 10.9 Å². The van der Waals surface area contributed by atoms with Gasteiger partial charge in [0.2, 0.25) is 0 Å². The van der Waals surface area contributed by atoms with Gasteiger partial charge < -0.3 is 15.7 Å². The minimum Gasteiger partial charge on any atom is -0.393 e. The molecule has 1 unspecified atom stereocenters. The Morgan fingerprint density at radius 3 is 2.83 bits per heavy atom. The molecule has 0 aromatic carbocycles. The first-order valence-corrected chi connectivity index (χ1v) is 6.21. The zero-order valence-corrected chi connectivity index (χ0v) is 11.2. The molecule has 0 bridgehead atoms. The zero-order valence-electron chi connectivity index (χ0n) is 11.2. The van der Waals surface area contributed by atoms with E-state index >= 15 is 0 Å². The molecule has 1 aromatic rings. The molecule has 0 radical (unpaired) electrons. The number of aliphatic hydroxyl groups is 1. The van der Waals surface area contributed by atoms with Crippen LogP contribution in [0.3, 0.4) is 0 Å². The van der Waals surface area contributed by atoms with Gasteiger partial charge in [-0.15, -0.1) is 0 Å². The summed E-state index contributed by atoms with van der Waals surface area (Å²) in [5, 5.41) is 18.9. The molecule has 0 saturated heterocycles. The van der Waals surface area contributed by atoms with Crippen LogP contribution in [0.4, 0.5) is 4.79 Å². The molecule has 3 N–H and O–H groups in total. The van der Waals surface area contributed by atoms with Crippen molar-refractivity contribution in [3.63, 3.8) is 0 Å². The SMILES string of the molecule is CCC(O)CCNC(=O)NCc1cnn(C)c1C. The van der Waals surface area contributed by atoms with Gasteiger partial charge in [0.05, 0.1) is 12.3 Å². The third-order valence-corrected chi connectivity index (χ3v) is 3.01. The Bertz CT molecular complexity index is 389. The van der Waals surface area contributed by atoms with E-state index in [-0.39, 0.29) is 12.1 Å². The molecule has 0 aliphatic carbocycles. The first-order chi connectivity index (χ1) is 8.54. The second-order valence-electron chi connectivity index (χ2n) is 4.34. The fourth-order valence-corrected chi connectivity index (χ4v) is 1.51. The van der Waals surface area contributed by atoms with Gasteiger partial charge in [0, 0.05) is 31.4 Å². The molecular formula is C12H22N4O2. The molecule has 0 aliphatic heterocycles. The van der Waals surface area contributed by atoms with Crippen LogP contribution in [0.15, 0.2) is 6.20 Å². The summed E-state index contributed by atoms with van der Waals surface area (Å²) in [6, 6.07) is -0.221. The summed E-state index contributed by atoms with van der Waals surface area (Å²) < 4.78 is 1.77. The Morgan fingerprint density at radius 1 is 1.56 bits per heavy atom. The van der Waals surface area contributed by atoms with Gasteiger partial charge >= 0.3 is 6.03 Å². The first kappa shape index (κ1) is 14.5. The lowest BCUT2D eigenvalue weighted by atomic mass is 10.2. The van der Waals surface area contributed by atoms with Crippen molar-refractivity contribution in [2.45, 2.75) is 39.3 Å². The van der Waals surface area contributed by atoms with Crippen LogP contribution in [0.1, 0.15) is 31.0 Å². The number of aliphatic hydroxyl groups excluding tert-OH is 1. The van der Waals surface area contributed by atoms with E-state index in [4.69, 9.17) is 0 Å². The Balaban J connectivity index is 2.23. The van der Waals surface area contributed by atoms with Crippen LogP contribution in [0, 0.1) is 6.92 Å². The van der Waals surface area contributed by atoms with Crippen LogP contribution in [-0.2, 0) is 13.6 Å². The second kappa shape index (κ2) is 7.00. The highest BCUT2D eigenvalue weighted by Gasteiger charge is 2.06. The Labute approximate surface area is 107 Å². The topological polar surface area (TPSA) is 79.2 Å². The van der Waals surface area contributed by atoms with Gasteiger partial charge in [-0.3, -0.25) is 4.68 Å². The second-order valence-corrected chi connectivity index (χ2v) is 4.34. The van der Waals surface area contributed by atoms with Crippen molar-refractivity contribution >= 4 is 6.03 Å². The maximum absolute atomic E-state index is 11.5. The average Bonchev–Trinajstić information content (AvgIpc) is 2.67. The maximum Gasteiger partial charge on any atom is 0.315 e. The quantitative estimate of drug-likeness (QED) is 0.699. The van der Waals surface area contributed by atoms with Crippen molar-refractivity contribution in [1.29, 1.82) is 0 Å². The van der Waals surface area contributed by atoms with Crippen molar-refractivity contribution in [2.24, 2.45) is 7.05 Å². The number of carbonyl (C=O) groups excluding carboxylic acids is 1. The normalized spacial score (nSPS) is 12.2. The largest absolute Gasteiger partial charge is 0.393 e. The number of aryl methyl sites for hydroxylation is 1. The van der Waals surface area contributed by atoms with Gasteiger partial charge in [-0.25, -0.2) is 4.79 Å². The van der Waals surface area contributed by atoms with Crippen molar-refractivity contribution in [2.75, 3.05) is 6.54 Å². The number of urea groups is 1. The maximum atomic E-state index is 11.5. The molecule has 1 atom stereocenters. The number of aromatic nitrogens is 2. The number of hydrogen-bond acceptors (Lipinski definition) is 3. The minimum atomic E-state index is -0.342. The molecule has 0 saturated carbocycles. The highest BCUT2D eigenvalue weighted by Crippen LogP contribution is 2.04. The lowest BCUT2D eigenvalue weighted by molar-refractivity contribution is 0.160. The molecular weight excluding hydrogens is 232 g/mol. The number of rotatable bonds is 6. The minimum absolute atomic E-state index is 0.221. The van der Waals surface area contributed by atoms with E-state index in [0.29, 0.717) is 25.9 Å². The van der Waals surface area contributed by atoms with Gasteiger partial charge in [0.25, 0.3) is 0 Å². The number of amides is 2. The summed E-state index contributed by atoms with van der Waals surface area (Å²) >= 11 is 0. The van der Waals surface area contributed by atoms with Gasteiger partial charge in [-0.05, 0) is 19.8 Å². The van der Waals surface area contributed by atoms with Crippen molar-refractivity contribution in [1.82, 2.24) is 20.4 Å². The lowest BCUT2D eigenvalue weighted by Crippen LogP contribution is -2.36. The zero-order chi connectivity index (χ0) is 13.5. The molecule has 0 spiro atoms. The Morgan fingerprint density at radius 2 is 2.28 bits per heavy atom. The van der Waals surface area contributed by atoms with E-state index in [2.05, 4.69) is 15.7 Å². The molecule has 1 heterocycles. The summed E-state index contributed by atoms with van der Waals surface area (Å²) in [6.07, 6.45) is 2.69. The highest BCUT2D eigenvalue weighted by molar-refractivity contribution is 5.73. The monoisotopic (exact) mass is 254 g/mol. The Kier molecular flexibility index (Phi) is 5.64. The van der Waals surface area contributed by atoms with Gasteiger partial charge in [0.15, 0.2) is 0 Å². The molecule has 102 valence electrons. The van der Waals surface area contributed by atoms with Crippen LogP contribution in [-0.4, -0.2) is 33.6 Å². The summed E-state index contributed by atoms with van der Waals surface area (Å²) in [6.45, 7) is 4.81. The third kappa shape index (κ3) is 4.37. The van der Waals surface area contributed by atoms with Crippen LogP contribution >= 0.6 is 0 Å². The first-order valence-electron chi connectivity index (χ1n) is 6.21. The molecule has 6 heteroatoms. The molecule has 1 rings (SSSR count). The predicted octanol–water partition coefficient (Wildman–Crippen LogP) is 0.689. The van der Waals surface area contributed by atoms with E-state index in [9.17, 15) is 9.90 Å². The fraction of sp³-hybridized carbons (Fsp3) is 0.667. The summed E-state index contributed by atoms with van der Waals surface area (Å²) in [5.74, 6) is 0. The summed E-state index contributed by atoms with van der Waals surface area (Å²) in [4.78, 5) is 11.5. The van der Waals surface area contributed by atoms with Crippen LogP contribution in [0.5, 0.6) is 0 Å². The molecule has 2 amide bonds. The third-order valence-electron chi connectivity index (χ3n) is 3.01. The standard InChI is InChI=1S/C12H22N4O2/c1-4-11(17)5-6-13-12(18)14-7-10-8-15-16(3)9(10)2/h8,11,17H,4-7H2,1-3H3,(H2,13,14,18). The van der Waals surface area contributed by atoms with E-state index in [1.807, 2.05) is 20.9 Å². The average molecular weight is 254 g/mol. The van der Waals surface area contributed by atoms with Crippen molar-refractivity contribution in [3.05, 3.63) is 17.5 Å². The van der Waals surface area contributed by atoms with Crippen LogP contribution in [0.2, 0.25) is 0 Å². The predicted molar refractivity (Wildman–Crippen MR) is 69.1 cm³/mol. The van der Waals surface area contributed by atoms with E-state index in [0.717, 1.165) is 11.3 Å². The number of hydrogen-bond donors (Lipinski definition) is 3. The van der Waals surface area contributed by atoms with Gasteiger partial charge in [-0.2, -0.15) is 5.10 Å². The molecule has 0 fully saturated rings. The molecule has 18 heavy (non-hydrogen) atoms. The van der Waals surface area contributed by atoms with Crippen LogP contribution < -0.4 is 10.6 Å². The lowest BCUT2D eigenvalue weighted by Gasteiger charge is -2.09. The number of nitrogens with one attached hydrogen (secondary N) is 2. The van der Waals surface area contributed by atoms with Crippen molar-refractivity contribution in [3.8, 4) is 0 Å². The van der Waals surface area contributed by atoms with E-state index < -0.39 is 0 Å². The fourth-order valence-electron chi connectivity index (χ4n) is 1.51. The molecule has 6 nitrogen and oxygen atoms in total. The van der Waals surface area contributed by atoms with Gasteiger partial charge in [-0.1, -0.05) is 6.92 Å². The van der Waals surface area contributed by atoms with Gasteiger partial charge in [0.1, 0.15) is 0 Å². The molecule has 1 aromatic heterocycles.